The summed E-state index contributed by atoms with van der Waals surface area (Å²) < 4.78 is 0. The van der Waals surface area contributed by atoms with Crippen molar-refractivity contribution in [3.63, 3.8) is 0 Å². The fourth-order valence-electron chi connectivity index (χ4n) is 3.85. The lowest BCUT2D eigenvalue weighted by Crippen LogP contribution is -2.55. The third-order valence-corrected chi connectivity index (χ3v) is 4.54. The zero-order valence-electron chi connectivity index (χ0n) is 13.0. The van der Waals surface area contributed by atoms with Crippen LogP contribution in [0.25, 0.3) is 0 Å². The first-order chi connectivity index (χ1) is 9.01. The molecule has 4 nitrogen and oxygen atoms in total. The normalized spacial score (nSPS) is 31.9. The number of piperidine rings is 1. The van der Waals surface area contributed by atoms with E-state index in [4.69, 9.17) is 0 Å². The molecule has 4 heteroatoms. The van der Waals surface area contributed by atoms with E-state index in [1.807, 2.05) is 0 Å². The van der Waals surface area contributed by atoms with E-state index in [0.717, 1.165) is 32.6 Å². The van der Waals surface area contributed by atoms with Gasteiger partial charge in [-0.05, 0) is 38.1 Å². The second kappa shape index (κ2) is 6.53. The van der Waals surface area contributed by atoms with E-state index in [0.29, 0.717) is 18.0 Å². The Hall–Kier alpha value is -0.160. The van der Waals surface area contributed by atoms with Crippen molar-refractivity contribution in [2.24, 2.45) is 5.92 Å². The summed E-state index contributed by atoms with van der Waals surface area (Å²) in [6.45, 7) is 10.1. The van der Waals surface area contributed by atoms with E-state index in [-0.39, 0.29) is 6.10 Å². The summed E-state index contributed by atoms with van der Waals surface area (Å²) in [6.07, 6.45) is 4.35. The van der Waals surface area contributed by atoms with E-state index in [2.05, 4.69) is 42.7 Å². The lowest BCUT2D eigenvalue weighted by atomic mass is 10.0. The molecular formula is C15H31N3O. The van der Waals surface area contributed by atoms with Crippen LogP contribution in [0.5, 0.6) is 0 Å². The van der Waals surface area contributed by atoms with Gasteiger partial charge >= 0.3 is 0 Å². The molecule has 2 aliphatic heterocycles. The minimum Gasteiger partial charge on any atom is -0.393 e. The molecule has 0 spiro atoms. The van der Waals surface area contributed by atoms with E-state index < -0.39 is 0 Å². The van der Waals surface area contributed by atoms with Gasteiger partial charge < -0.3 is 5.11 Å². The molecule has 0 aromatic rings. The highest BCUT2D eigenvalue weighted by molar-refractivity contribution is 4.93. The zero-order valence-corrected chi connectivity index (χ0v) is 13.0. The van der Waals surface area contributed by atoms with Crippen LogP contribution in [0, 0.1) is 5.92 Å². The standard InChI is InChI=1S/C15H31N3O/c1-5-17(10-12(2)3)11-16(4)18-13-6-7-14(18)9-15(19)8-13/h12-15,19H,5-11H2,1-4H3. The summed E-state index contributed by atoms with van der Waals surface area (Å²) in [5.41, 5.74) is 0. The molecule has 2 aliphatic rings. The topological polar surface area (TPSA) is 30.0 Å². The molecule has 1 N–H and O–H groups in total. The van der Waals surface area contributed by atoms with Crippen molar-refractivity contribution in [3.8, 4) is 0 Å². The molecule has 0 aromatic heterocycles. The Balaban J connectivity index is 1.91. The van der Waals surface area contributed by atoms with Crippen LogP contribution in [0.2, 0.25) is 0 Å². The molecule has 0 saturated carbocycles. The molecule has 2 heterocycles. The van der Waals surface area contributed by atoms with Crippen LogP contribution in [-0.2, 0) is 0 Å². The summed E-state index contributed by atoms with van der Waals surface area (Å²) in [4.78, 5) is 2.51. The Morgan fingerprint density at radius 1 is 1.21 bits per heavy atom. The summed E-state index contributed by atoms with van der Waals surface area (Å²) >= 11 is 0. The minimum atomic E-state index is -0.0694. The highest BCUT2D eigenvalue weighted by Gasteiger charge is 2.42. The Bertz CT molecular complexity index is 271. The van der Waals surface area contributed by atoms with Crippen molar-refractivity contribution >= 4 is 0 Å². The molecule has 0 aliphatic carbocycles. The second-order valence-electron chi connectivity index (χ2n) is 6.75. The van der Waals surface area contributed by atoms with Crippen LogP contribution < -0.4 is 0 Å². The highest BCUT2D eigenvalue weighted by atomic mass is 16.3. The number of hydrogen-bond acceptors (Lipinski definition) is 4. The molecule has 2 fully saturated rings. The van der Waals surface area contributed by atoms with E-state index >= 15 is 0 Å². The summed E-state index contributed by atoms with van der Waals surface area (Å²) in [6, 6.07) is 1.13. The van der Waals surface area contributed by atoms with Crippen molar-refractivity contribution in [1.82, 2.24) is 14.9 Å². The molecule has 0 amide bonds. The molecule has 2 atom stereocenters. The van der Waals surface area contributed by atoms with Gasteiger partial charge in [0.05, 0.1) is 12.8 Å². The maximum atomic E-state index is 9.88. The minimum absolute atomic E-state index is 0.0694. The van der Waals surface area contributed by atoms with Crippen LogP contribution in [0.15, 0.2) is 0 Å². The number of hydrazine groups is 1. The first-order valence-electron chi connectivity index (χ1n) is 7.91. The third-order valence-electron chi connectivity index (χ3n) is 4.54. The average Bonchev–Trinajstić information content (AvgIpc) is 2.60. The molecule has 2 unspecified atom stereocenters. The van der Waals surface area contributed by atoms with Crippen molar-refractivity contribution in [2.75, 3.05) is 26.8 Å². The Morgan fingerprint density at radius 2 is 1.79 bits per heavy atom. The molecule has 2 bridgehead atoms. The van der Waals surface area contributed by atoms with Gasteiger partial charge in [-0.15, -0.1) is 0 Å². The number of aliphatic hydroxyl groups excluding tert-OH is 1. The Kier molecular flexibility index (Phi) is 5.23. The summed E-state index contributed by atoms with van der Waals surface area (Å²) in [5.74, 6) is 0.716. The van der Waals surface area contributed by atoms with Gasteiger partial charge in [-0.25, -0.2) is 10.0 Å². The number of hydrogen-bond donors (Lipinski definition) is 1. The van der Waals surface area contributed by atoms with Crippen LogP contribution in [0.1, 0.15) is 46.5 Å². The van der Waals surface area contributed by atoms with Gasteiger partial charge in [0.25, 0.3) is 0 Å². The number of nitrogens with zero attached hydrogens (tertiary/aromatic N) is 3. The van der Waals surface area contributed by atoms with Crippen molar-refractivity contribution in [2.45, 2.75) is 64.6 Å². The van der Waals surface area contributed by atoms with Crippen molar-refractivity contribution < 1.29 is 5.11 Å². The third kappa shape index (κ3) is 3.69. The van der Waals surface area contributed by atoms with Gasteiger partial charge in [-0.1, -0.05) is 20.8 Å². The molecule has 0 aromatic carbocycles. The van der Waals surface area contributed by atoms with Gasteiger partial charge in [0, 0.05) is 25.7 Å². The summed E-state index contributed by atoms with van der Waals surface area (Å²) in [7, 11) is 2.21. The van der Waals surface area contributed by atoms with E-state index in [1.165, 1.54) is 12.8 Å². The van der Waals surface area contributed by atoms with Crippen LogP contribution in [-0.4, -0.2) is 65.0 Å². The Labute approximate surface area is 118 Å². The zero-order chi connectivity index (χ0) is 14.0. The molecular weight excluding hydrogens is 238 g/mol. The van der Waals surface area contributed by atoms with Gasteiger partial charge in [0.15, 0.2) is 0 Å². The Morgan fingerprint density at radius 3 is 2.26 bits per heavy atom. The largest absolute Gasteiger partial charge is 0.393 e. The van der Waals surface area contributed by atoms with Gasteiger partial charge in [-0.2, -0.15) is 0 Å². The molecule has 112 valence electrons. The van der Waals surface area contributed by atoms with Crippen molar-refractivity contribution in [1.29, 1.82) is 0 Å². The molecule has 2 rings (SSSR count). The maximum absolute atomic E-state index is 9.88. The van der Waals surface area contributed by atoms with Crippen LogP contribution in [0.3, 0.4) is 0 Å². The predicted molar refractivity (Wildman–Crippen MR) is 78.6 cm³/mol. The fraction of sp³-hybridized carbons (Fsp3) is 1.00. The number of fused-ring (bicyclic) bond motifs is 2. The fourth-order valence-corrected chi connectivity index (χ4v) is 3.85. The SMILES string of the molecule is CCN(CC(C)C)CN(C)N1C2CCC1CC(O)C2. The van der Waals surface area contributed by atoms with E-state index in [9.17, 15) is 5.11 Å². The van der Waals surface area contributed by atoms with Crippen molar-refractivity contribution in [3.05, 3.63) is 0 Å². The molecule has 0 radical (unpaired) electrons. The van der Waals surface area contributed by atoms with Crippen LogP contribution in [0.4, 0.5) is 0 Å². The maximum Gasteiger partial charge on any atom is 0.0645 e. The molecule has 19 heavy (non-hydrogen) atoms. The van der Waals surface area contributed by atoms with E-state index in [1.54, 1.807) is 0 Å². The van der Waals surface area contributed by atoms with Gasteiger partial charge in [0.1, 0.15) is 0 Å². The molecule has 2 saturated heterocycles. The summed E-state index contributed by atoms with van der Waals surface area (Å²) in [5, 5.41) is 14.8. The lowest BCUT2D eigenvalue weighted by Gasteiger charge is -2.44. The van der Waals surface area contributed by atoms with Gasteiger partial charge in [0.2, 0.25) is 0 Å². The quantitative estimate of drug-likeness (QED) is 0.744. The average molecular weight is 269 g/mol. The lowest BCUT2D eigenvalue weighted by molar-refractivity contribution is -0.116. The first-order valence-corrected chi connectivity index (χ1v) is 7.91. The monoisotopic (exact) mass is 269 g/mol. The number of aliphatic hydroxyl groups is 1. The smallest absolute Gasteiger partial charge is 0.0645 e. The van der Waals surface area contributed by atoms with Gasteiger partial charge in [-0.3, -0.25) is 4.90 Å². The number of rotatable bonds is 6. The first kappa shape index (κ1) is 15.2. The highest BCUT2D eigenvalue weighted by Crippen LogP contribution is 2.36. The second-order valence-corrected chi connectivity index (χ2v) is 6.75. The predicted octanol–water partition coefficient (Wildman–Crippen LogP) is 1.76. The van der Waals surface area contributed by atoms with Crippen LogP contribution >= 0.6 is 0 Å².